The van der Waals surface area contributed by atoms with Crippen LogP contribution in [0.25, 0.3) is 0 Å². The first-order valence-electron chi connectivity index (χ1n) is 11.4. The van der Waals surface area contributed by atoms with E-state index in [1.165, 1.54) is 26.2 Å². The van der Waals surface area contributed by atoms with Crippen LogP contribution in [0.4, 0.5) is 4.39 Å². The Morgan fingerprint density at radius 1 is 1.03 bits per heavy atom. The third kappa shape index (κ3) is 5.73. The highest BCUT2D eigenvalue weighted by atomic mass is 19.1. The van der Waals surface area contributed by atoms with Crippen LogP contribution < -0.4 is 14.8 Å². The van der Waals surface area contributed by atoms with Gasteiger partial charge in [-0.2, -0.15) is 0 Å². The normalized spacial score (nSPS) is 13.4. The van der Waals surface area contributed by atoms with E-state index >= 15 is 0 Å². The van der Waals surface area contributed by atoms with Crippen LogP contribution in [0.2, 0.25) is 0 Å². The van der Waals surface area contributed by atoms with Gasteiger partial charge in [0.05, 0.1) is 13.2 Å². The minimum atomic E-state index is -1.15. The van der Waals surface area contributed by atoms with Crippen molar-refractivity contribution in [2.75, 3.05) is 7.11 Å². The van der Waals surface area contributed by atoms with E-state index < -0.39 is 47.2 Å². The molecular weight excluding hydrogens is 467 g/mol. The summed E-state index contributed by atoms with van der Waals surface area (Å²) in [6, 6.07) is 12.5. The topological polar surface area (TPSA) is 109 Å². The second kappa shape index (κ2) is 11.1. The van der Waals surface area contributed by atoms with Crippen molar-refractivity contribution >= 4 is 11.9 Å². The maximum absolute atomic E-state index is 15.0. The van der Waals surface area contributed by atoms with Crippen molar-refractivity contribution < 1.29 is 38.5 Å². The van der Waals surface area contributed by atoms with Gasteiger partial charge in [-0.15, -0.1) is 0 Å². The third-order valence-electron chi connectivity index (χ3n) is 5.89. The fourth-order valence-electron chi connectivity index (χ4n) is 3.93. The monoisotopic (exact) mass is 497 g/mol. The van der Waals surface area contributed by atoms with Crippen LogP contribution >= 0.6 is 0 Å². The number of nitrogens with one attached hydrogen (secondary N) is 1. The molecule has 1 aromatic heterocycles. The average molecular weight is 498 g/mol. The van der Waals surface area contributed by atoms with E-state index in [0.717, 1.165) is 22.9 Å². The fourth-order valence-corrected chi connectivity index (χ4v) is 3.93. The predicted molar refractivity (Wildman–Crippen MR) is 129 cm³/mol. The number of ether oxygens (including phenoxy) is 2. The molecule has 0 aliphatic heterocycles. The van der Waals surface area contributed by atoms with Gasteiger partial charge in [-0.1, -0.05) is 42.0 Å². The summed E-state index contributed by atoms with van der Waals surface area (Å²) >= 11 is 0. The molecule has 3 rings (SSSR count). The highest BCUT2D eigenvalue weighted by Gasteiger charge is 2.33. The number of nitrogens with zero attached hydrogens (tertiary/aromatic N) is 1. The Bertz CT molecular complexity index is 1260. The summed E-state index contributed by atoms with van der Waals surface area (Å²) in [5.41, 5.74) is 2.43. The van der Waals surface area contributed by atoms with E-state index in [0.29, 0.717) is 10.3 Å². The molecule has 190 valence electrons. The number of aromatic hydroxyl groups is 1. The Balaban J connectivity index is 1.82. The summed E-state index contributed by atoms with van der Waals surface area (Å²) in [6.45, 7) is 6.79. The molecule has 8 nitrogen and oxygen atoms in total. The molecule has 0 unspecified atom stereocenters. The number of benzene rings is 2. The van der Waals surface area contributed by atoms with E-state index in [2.05, 4.69) is 5.32 Å². The fraction of sp³-hybridized carbons (Fsp3) is 0.296. The number of aromatic nitrogens is 1. The number of hydrogen-bond acceptors (Lipinski definition) is 6. The number of aryl methyl sites for hydroxylation is 2. The van der Waals surface area contributed by atoms with Gasteiger partial charge in [-0.3, -0.25) is 10.0 Å². The maximum Gasteiger partial charge on any atom is 0.366 e. The Morgan fingerprint density at radius 2 is 1.67 bits per heavy atom. The lowest BCUT2D eigenvalue weighted by molar-refractivity contribution is -0.906. The summed E-state index contributed by atoms with van der Waals surface area (Å²) in [4.78, 5) is 25.6. The summed E-state index contributed by atoms with van der Waals surface area (Å²) < 4.78 is 26.0. The number of halogens is 1. The number of amides is 1. The van der Waals surface area contributed by atoms with Crippen molar-refractivity contribution in [2.24, 2.45) is 0 Å². The second-order valence-electron chi connectivity index (χ2n) is 8.68. The Hall–Kier alpha value is -4.14. The molecule has 0 fully saturated rings. The first-order chi connectivity index (χ1) is 17.0. The summed E-state index contributed by atoms with van der Waals surface area (Å²) in [5.74, 6) is -3.33. The van der Waals surface area contributed by atoms with Gasteiger partial charge in [0, 0.05) is 10.6 Å². The number of rotatable bonds is 8. The Labute approximate surface area is 208 Å². The standard InChI is InChI=1S/C27H29FN2O6/c1-15-6-9-19(10-7-15)23(20-11-8-16(2)14-21(20)28)18(4)36-27(33)17(3)29-26(32)24-25(31)22(35-5)12-13-30(24)34/h6-14,17-18,23H,1-5H3,(H2-,29,31,32,34)/p+1/t17-,18-,23+/m0/s1. The molecule has 2 aromatic carbocycles. The SMILES string of the molecule is COc1cc[n+](O)c(C(=O)N[C@@H](C)C(=O)O[C@@H](C)[C@H](c2ccc(C)cc2)c2ccc(C)cc2F)c1O. The number of carbonyl (C=O) groups is 2. The zero-order valence-electron chi connectivity index (χ0n) is 20.8. The molecule has 0 aliphatic rings. The number of pyridine rings is 1. The van der Waals surface area contributed by atoms with Gasteiger partial charge < -0.3 is 19.9 Å². The minimum absolute atomic E-state index is 0.0321. The largest absolute Gasteiger partial charge is 0.499 e. The Kier molecular flexibility index (Phi) is 8.14. The highest BCUT2D eigenvalue weighted by Crippen LogP contribution is 2.32. The molecule has 1 amide bonds. The number of methoxy groups -OCH3 is 1. The van der Waals surface area contributed by atoms with Gasteiger partial charge in [-0.05, 0) is 50.5 Å². The van der Waals surface area contributed by atoms with E-state index in [1.807, 2.05) is 31.2 Å². The average Bonchev–Trinajstić information content (AvgIpc) is 2.82. The van der Waals surface area contributed by atoms with Crippen LogP contribution in [0.3, 0.4) is 0 Å². The lowest BCUT2D eigenvalue weighted by Gasteiger charge is -2.27. The van der Waals surface area contributed by atoms with Gasteiger partial charge in [-0.25, -0.2) is 9.18 Å². The lowest BCUT2D eigenvalue weighted by Crippen LogP contribution is -2.47. The Morgan fingerprint density at radius 3 is 2.28 bits per heavy atom. The molecular formula is C27H30FN2O6+. The molecule has 1 heterocycles. The van der Waals surface area contributed by atoms with Crippen molar-refractivity contribution in [1.29, 1.82) is 0 Å². The van der Waals surface area contributed by atoms with E-state index in [-0.39, 0.29) is 5.75 Å². The van der Waals surface area contributed by atoms with Crippen LogP contribution in [-0.2, 0) is 9.53 Å². The van der Waals surface area contributed by atoms with Crippen LogP contribution in [0.1, 0.15) is 52.5 Å². The van der Waals surface area contributed by atoms with Crippen molar-refractivity contribution in [3.63, 3.8) is 0 Å². The van der Waals surface area contributed by atoms with E-state index in [4.69, 9.17) is 9.47 Å². The van der Waals surface area contributed by atoms with Gasteiger partial charge in [0.15, 0.2) is 5.75 Å². The molecule has 0 radical (unpaired) electrons. The van der Waals surface area contributed by atoms with E-state index in [9.17, 15) is 24.3 Å². The van der Waals surface area contributed by atoms with Gasteiger partial charge in [0.2, 0.25) is 11.9 Å². The molecule has 0 aliphatic carbocycles. The maximum atomic E-state index is 15.0. The zero-order chi connectivity index (χ0) is 26.6. The van der Waals surface area contributed by atoms with Gasteiger partial charge >= 0.3 is 17.6 Å². The molecule has 9 heteroatoms. The molecule has 0 saturated carbocycles. The molecule has 3 atom stereocenters. The van der Waals surface area contributed by atoms with Crippen LogP contribution in [0.15, 0.2) is 54.7 Å². The summed E-state index contributed by atoms with van der Waals surface area (Å²) in [7, 11) is 1.29. The number of hydrogen-bond donors (Lipinski definition) is 3. The zero-order valence-corrected chi connectivity index (χ0v) is 20.8. The molecule has 0 saturated heterocycles. The molecule has 3 aromatic rings. The minimum Gasteiger partial charge on any atom is -0.499 e. The smallest absolute Gasteiger partial charge is 0.366 e. The van der Waals surface area contributed by atoms with Crippen LogP contribution in [0.5, 0.6) is 11.5 Å². The first-order valence-corrected chi connectivity index (χ1v) is 11.4. The third-order valence-corrected chi connectivity index (χ3v) is 5.89. The van der Waals surface area contributed by atoms with Crippen LogP contribution in [-0.4, -0.2) is 41.4 Å². The van der Waals surface area contributed by atoms with Crippen molar-refractivity contribution in [1.82, 2.24) is 5.32 Å². The second-order valence-corrected chi connectivity index (χ2v) is 8.68. The first kappa shape index (κ1) is 26.5. The van der Waals surface area contributed by atoms with Gasteiger partial charge in [0.1, 0.15) is 18.0 Å². The molecule has 0 bridgehead atoms. The van der Waals surface area contributed by atoms with Crippen molar-refractivity contribution in [3.05, 3.63) is 88.5 Å². The predicted octanol–water partition coefficient (Wildman–Crippen LogP) is 3.56. The van der Waals surface area contributed by atoms with Crippen molar-refractivity contribution in [3.8, 4) is 11.5 Å². The van der Waals surface area contributed by atoms with Crippen LogP contribution in [0, 0.1) is 19.7 Å². The molecule has 0 spiro atoms. The number of carbonyl (C=O) groups excluding carboxylic acids is 2. The highest BCUT2D eigenvalue weighted by molar-refractivity contribution is 5.96. The summed E-state index contributed by atoms with van der Waals surface area (Å²) in [6.07, 6.45) is 0.325. The number of esters is 1. The molecule has 3 N–H and O–H groups in total. The summed E-state index contributed by atoms with van der Waals surface area (Å²) in [5, 5.41) is 22.6. The lowest BCUT2D eigenvalue weighted by atomic mass is 9.86. The molecule has 36 heavy (non-hydrogen) atoms. The van der Waals surface area contributed by atoms with Crippen molar-refractivity contribution in [2.45, 2.75) is 45.8 Å². The van der Waals surface area contributed by atoms with Gasteiger partial charge in [0.25, 0.3) is 0 Å². The van der Waals surface area contributed by atoms with E-state index in [1.54, 1.807) is 26.0 Å². The quantitative estimate of drug-likeness (QED) is 0.250.